The molecule has 4 heterocycles. The third-order valence-corrected chi connectivity index (χ3v) is 5.72. The smallest absolute Gasteiger partial charge is 0.329 e. The molecular weight excluding hydrogens is 421 g/mol. The van der Waals surface area contributed by atoms with E-state index < -0.39 is 17.8 Å². The third-order valence-electron chi connectivity index (χ3n) is 5.72. The maximum atomic E-state index is 13.4. The number of rotatable bonds is 3. The maximum absolute atomic E-state index is 13.4. The van der Waals surface area contributed by atoms with Gasteiger partial charge in [-0.05, 0) is 50.3 Å². The third kappa shape index (κ3) is 4.09. The van der Waals surface area contributed by atoms with Crippen molar-refractivity contribution in [1.29, 1.82) is 0 Å². The Labute approximate surface area is 183 Å². The van der Waals surface area contributed by atoms with Crippen LogP contribution in [0.1, 0.15) is 58.6 Å². The normalized spacial score (nSPS) is 16.9. The SMILES string of the molecule is Cc1ncc(-c2ccncc2C)c(C2CCCCN2C(=O)c2cc(C(F)(F)F)nn2C)n1. The summed E-state index contributed by atoms with van der Waals surface area (Å²) in [6.07, 6.45) is 2.85. The Morgan fingerprint density at radius 3 is 2.62 bits per heavy atom. The molecule has 1 aliphatic rings. The molecule has 1 atom stereocenters. The molecule has 1 fully saturated rings. The number of likely N-dealkylation sites (tertiary alicyclic amines) is 1. The van der Waals surface area contributed by atoms with Crippen LogP contribution in [0, 0.1) is 13.8 Å². The molecule has 0 aromatic carbocycles. The van der Waals surface area contributed by atoms with Gasteiger partial charge in [-0.3, -0.25) is 14.5 Å². The van der Waals surface area contributed by atoms with E-state index in [4.69, 9.17) is 0 Å². The Hall–Kier alpha value is -3.30. The molecule has 7 nitrogen and oxygen atoms in total. The summed E-state index contributed by atoms with van der Waals surface area (Å²) < 4.78 is 40.4. The van der Waals surface area contributed by atoms with Crippen molar-refractivity contribution >= 4 is 5.91 Å². The van der Waals surface area contributed by atoms with Gasteiger partial charge in [-0.15, -0.1) is 0 Å². The summed E-state index contributed by atoms with van der Waals surface area (Å²) in [5.74, 6) is 0.0715. The van der Waals surface area contributed by atoms with Crippen LogP contribution in [0.15, 0.2) is 30.7 Å². The van der Waals surface area contributed by atoms with Gasteiger partial charge < -0.3 is 4.90 Å². The molecule has 1 amide bonds. The second-order valence-corrected chi connectivity index (χ2v) is 7.95. The molecule has 0 aliphatic carbocycles. The number of hydrogen-bond donors (Lipinski definition) is 0. The standard InChI is InChI=1S/C22H23F3N6O/c1-13-11-26-8-7-15(13)16-12-27-14(2)28-20(16)17-6-4-5-9-31(17)21(32)18-10-19(22(23,24)25)29-30(18)3/h7-8,10-12,17H,4-6,9H2,1-3H3. The fourth-order valence-electron chi connectivity index (χ4n) is 4.14. The zero-order chi connectivity index (χ0) is 23.0. The van der Waals surface area contributed by atoms with E-state index in [0.29, 0.717) is 24.5 Å². The van der Waals surface area contributed by atoms with Crippen LogP contribution >= 0.6 is 0 Å². The van der Waals surface area contributed by atoms with Crippen LogP contribution in [0.25, 0.3) is 11.1 Å². The van der Waals surface area contributed by atoms with Gasteiger partial charge in [-0.25, -0.2) is 9.97 Å². The maximum Gasteiger partial charge on any atom is 0.435 e. The molecule has 10 heteroatoms. The second kappa shape index (κ2) is 8.33. The van der Waals surface area contributed by atoms with Gasteiger partial charge in [0, 0.05) is 43.8 Å². The van der Waals surface area contributed by atoms with Gasteiger partial charge in [0.05, 0.1) is 11.7 Å². The highest BCUT2D eigenvalue weighted by molar-refractivity contribution is 5.93. The number of hydrogen-bond acceptors (Lipinski definition) is 5. The fourth-order valence-corrected chi connectivity index (χ4v) is 4.14. The van der Waals surface area contributed by atoms with Crippen molar-refractivity contribution in [1.82, 2.24) is 29.6 Å². The number of carbonyl (C=O) groups is 1. The van der Waals surface area contributed by atoms with E-state index in [-0.39, 0.29) is 11.7 Å². The van der Waals surface area contributed by atoms with E-state index in [2.05, 4.69) is 20.1 Å². The number of nitrogens with zero attached hydrogens (tertiary/aromatic N) is 6. The van der Waals surface area contributed by atoms with E-state index in [1.54, 1.807) is 30.4 Å². The lowest BCUT2D eigenvalue weighted by atomic mass is 9.92. The summed E-state index contributed by atoms with van der Waals surface area (Å²) in [6, 6.07) is 2.30. The lowest BCUT2D eigenvalue weighted by Gasteiger charge is -2.36. The van der Waals surface area contributed by atoms with Crippen LogP contribution in [0.4, 0.5) is 13.2 Å². The summed E-state index contributed by atoms with van der Waals surface area (Å²) >= 11 is 0. The van der Waals surface area contributed by atoms with Crippen molar-refractivity contribution in [2.75, 3.05) is 6.54 Å². The molecule has 0 N–H and O–H groups in total. The first-order valence-electron chi connectivity index (χ1n) is 10.3. The van der Waals surface area contributed by atoms with Crippen molar-refractivity contribution in [2.45, 2.75) is 45.3 Å². The molecule has 1 unspecified atom stereocenters. The summed E-state index contributed by atoms with van der Waals surface area (Å²) in [4.78, 5) is 28.2. The van der Waals surface area contributed by atoms with Crippen molar-refractivity contribution in [2.24, 2.45) is 7.05 Å². The number of alkyl halides is 3. The highest BCUT2D eigenvalue weighted by Crippen LogP contribution is 2.37. The fraction of sp³-hybridized carbons (Fsp3) is 0.409. The van der Waals surface area contributed by atoms with Crippen LogP contribution in [-0.2, 0) is 13.2 Å². The molecule has 0 bridgehead atoms. The largest absolute Gasteiger partial charge is 0.435 e. The first kappa shape index (κ1) is 21.9. The van der Waals surface area contributed by atoms with Gasteiger partial charge in [0.2, 0.25) is 0 Å². The Morgan fingerprint density at radius 2 is 1.94 bits per heavy atom. The Morgan fingerprint density at radius 1 is 1.16 bits per heavy atom. The molecule has 0 spiro atoms. The predicted octanol–water partition coefficient (Wildman–Crippen LogP) is 4.28. The molecule has 3 aromatic rings. The molecular formula is C22H23F3N6O. The number of aromatic nitrogens is 5. The second-order valence-electron chi connectivity index (χ2n) is 7.95. The van der Waals surface area contributed by atoms with Gasteiger partial charge in [0.15, 0.2) is 5.69 Å². The number of carbonyl (C=O) groups excluding carboxylic acids is 1. The first-order valence-corrected chi connectivity index (χ1v) is 10.3. The number of pyridine rings is 1. The molecule has 1 saturated heterocycles. The quantitative estimate of drug-likeness (QED) is 0.603. The molecule has 1 aliphatic heterocycles. The molecule has 4 rings (SSSR count). The average Bonchev–Trinajstić information content (AvgIpc) is 3.16. The molecule has 32 heavy (non-hydrogen) atoms. The van der Waals surface area contributed by atoms with Crippen molar-refractivity contribution < 1.29 is 18.0 Å². The van der Waals surface area contributed by atoms with Crippen LogP contribution in [-0.4, -0.2) is 42.1 Å². The molecule has 0 saturated carbocycles. The van der Waals surface area contributed by atoms with E-state index in [9.17, 15) is 18.0 Å². The zero-order valence-electron chi connectivity index (χ0n) is 18.0. The number of aryl methyl sites for hydroxylation is 3. The highest BCUT2D eigenvalue weighted by atomic mass is 19.4. The first-order chi connectivity index (χ1) is 15.2. The van der Waals surface area contributed by atoms with Gasteiger partial charge in [-0.2, -0.15) is 18.3 Å². The van der Waals surface area contributed by atoms with E-state index in [1.807, 2.05) is 13.0 Å². The predicted molar refractivity (Wildman–Crippen MR) is 111 cm³/mol. The van der Waals surface area contributed by atoms with E-state index >= 15 is 0 Å². The summed E-state index contributed by atoms with van der Waals surface area (Å²) in [7, 11) is 1.35. The monoisotopic (exact) mass is 444 g/mol. The van der Waals surface area contributed by atoms with Crippen molar-refractivity contribution in [3.05, 3.63) is 59.2 Å². The van der Waals surface area contributed by atoms with Crippen LogP contribution in [0.5, 0.6) is 0 Å². The zero-order valence-corrected chi connectivity index (χ0v) is 18.0. The minimum absolute atomic E-state index is 0.100. The van der Waals surface area contributed by atoms with Crippen LogP contribution in [0.2, 0.25) is 0 Å². The number of piperidine rings is 1. The molecule has 0 radical (unpaired) electrons. The summed E-state index contributed by atoms with van der Waals surface area (Å²) in [5.41, 5.74) is 2.16. The minimum atomic E-state index is -4.62. The van der Waals surface area contributed by atoms with Gasteiger partial charge in [0.1, 0.15) is 11.5 Å². The average molecular weight is 444 g/mol. The Bertz CT molecular complexity index is 1160. The van der Waals surface area contributed by atoms with Gasteiger partial charge in [-0.1, -0.05) is 0 Å². The van der Waals surface area contributed by atoms with Gasteiger partial charge >= 0.3 is 6.18 Å². The highest BCUT2D eigenvalue weighted by Gasteiger charge is 2.38. The molecule has 168 valence electrons. The Balaban J connectivity index is 1.77. The van der Waals surface area contributed by atoms with Crippen molar-refractivity contribution in [3.63, 3.8) is 0 Å². The summed E-state index contributed by atoms with van der Waals surface area (Å²) in [5, 5.41) is 3.50. The summed E-state index contributed by atoms with van der Waals surface area (Å²) in [6.45, 7) is 4.14. The molecule has 3 aromatic heterocycles. The van der Waals surface area contributed by atoms with E-state index in [0.717, 1.165) is 40.3 Å². The van der Waals surface area contributed by atoms with Gasteiger partial charge in [0.25, 0.3) is 5.91 Å². The van der Waals surface area contributed by atoms with Crippen LogP contribution < -0.4 is 0 Å². The van der Waals surface area contributed by atoms with Crippen LogP contribution in [0.3, 0.4) is 0 Å². The van der Waals surface area contributed by atoms with E-state index in [1.165, 1.54) is 7.05 Å². The number of amides is 1. The minimum Gasteiger partial charge on any atom is -0.329 e. The lowest BCUT2D eigenvalue weighted by Crippen LogP contribution is -2.40. The van der Waals surface area contributed by atoms with Crippen molar-refractivity contribution in [3.8, 4) is 11.1 Å². The Kier molecular flexibility index (Phi) is 5.70. The lowest BCUT2D eigenvalue weighted by molar-refractivity contribution is -0.141. The number of halogens is 3. The topological polar surface area (TPSA) is 76.8 Å².